The highest BCUT2D eigenvalue weighted by atomic mass is 79.9. The van der Waals surface area contributed by atoms with E-state index in [0.29, 0.717) is 0 Å². The molecule has 0 spiro atoms. The summed E-state index contributed by atoms with van der Waals surface area (Å²) >= 11 is 3.36. The Kier molecular flexibility index (Phi) is 3.32. The van der Waals surface area contributed by atoms with Crippen molar-refractivity contribution >= 4 is 22.0 Å². The Bertz CT molecular complexity index is 315. The van der Waals surface area contributed by atoms with Crippen LogP contribution in [0.1, 0.15) is 18.5 Å². The van der Waals surface area contributed by atoms with Gasteiger partial charge in [0.2, 0.25) is 0 Å². The molecule has 1 aliphatic carbocycles. The van der Waals surface area contributed by atoms with Gasteiger partial charge in [-0.25, -0.2) is 0 Å². The summed E-state index contributed by atoms with van der Waals surface area (Å²) in [7, 11) is 0. The Labute approximate surface area is 92.6 Å². The van der Waals surface area contributed by atoms with Crippen molar-refractivity contribution in [2.24, 2.45) is 0 Å². The van der Waals surface area contributed by atoms with E-state index in [4.69, 9.17) is 0 Å². The summed E-state index contributed by atoms with van der Waals surface area (Å²) in [5.74, 6) is 0. The van der Waals surface area contributed by atoms with Crippen LogP contribution in [-0.4, -0.2) is 17.6 Å². The van der Waals surface area contributed by atoms with Crippen LogP contribution in [0.2, 0.25) is 0 Å². The molecule has 0 aromatic carbocycles. The molecule has 0 atom stereocenters. The fourth-order valence-corrected chi connectivity index (χ4v) is 1.42. The molecule has 0 aliphatic heterocycles. The maximum absolute atomic E-state index is 4.25. The minimum Gasteiger partial charge on any atom is -0.311 e. The minimum absolute atomic E-state index is 0.775. The average molecular weight is 253 g/mol. The first-order chi connectivity index (χ1) is 6.84. The van der Waals surface area contributed by atoms with Crippen molar-refractivity contribution in [1.82, 2.24) is 10.3 Å². The maximum Gasteiger partial charge on any atom is 0.0627 e. The smallest absolute Gasteiger partial charge is 0.0627 e. The van der Waals surface area contributed by atoms with Gasteiger partial charge in [-0.1, -0.05) is 6.08 Å². The summed E-state index contributed by atoms with van der Waals surface area (Å²) < 4.78 is 1.02. The number of nitrogens with zero attached hydrogens (tertiary/aromatic N) is 1. The van der Waals surface area contributed by atoms with Crippen LogP contribution in [0, 0.1) is 0 Å². The third-order valence-electron chi connectivity index (χ3n) is 2.14. The number of halogens is 1. The molecule has 1 N–H and O–H groups in total. The first-order valence-corrected chi connectivity index (χ1v) is 5.65. The van der Waals surface area contributed by atoms with Crippen LogP contribution < -0.4 is 5.32 Å². The van der Waals surface area contributed by atoms with E-state index >= 15 is 0 Å². The predicted octanol–water partition coefficient (Wildman–Crippen LogP) is 2.61. The van der Waals surface area contributed by atoms with E-state index in [1.807, 2.05) is 24.4 Å². The molecule has 1 fully saturated rings. The number of hydrogen-bond donors (Lipinski definition) is 1. The molecule has 14 heavy (non-hydrogen) atoms. The van der Waals surface area contributed by atoms with Crippen LogP contribution >= 0.6 is 15.9 Å². The molecule has 0 unspecified atom stereocenters. The van der Waals surface area contributed by atoms with Crippen LogP contribution in [0.4, 0.5) is 0 Å². The van der Waals surface area contributed by atoms with Gasteiger partial charge in [0.15, 0.2) is 0 Å². The fourth-order valence-electron chi connectivity index (χ4n) is 1.19. The molecule has 2 rings (SSSR count). The van der Waals surface area contributed by atoms with Crippen LogP contribution in [-0.2, 0) is 0 Å². The van der Waals surface area contributed by atoms with Crippen molar-refractivity contribution in [2.45, 2.75) is 18.9 Å². The molecular formula is C11H13BrN2. The van der Waals surface area contributed by atoms with E-state index < -0.39 is 0 Å². The monoisotopic (exact) mass is 252 g/mol. The third kappa shape index (κ3) is 3.24. The van der Waals surface area contributed by atoms with E-state index in [9.17, 15) is 0 Å². The van der Waals surface area contributed by atoms with E-state index in [0.717, 1.165) is 22.8 Å². The van der Waals surface area contributed by atoms with Crippen molar-refractivity contribution in [3.8, 4) is 0 Å². The van der Waals surface area contributed by atoms with Crippen molar-refractivity contribution in [1.29, 1.82) is 0 Å². The molecule has 1 aromatic rings. The Morgan fingerprint density at radius 3 is 3.00 bits per heavy atom. The summed E-state index contributed by atoms with van der Waals surface area (Å²) in [5.41, 5.74) is 1.01. The summed E-state index contributed by atoms with van der Waals surface area (Å²) in [5, 5.41) is 3.41. The van der Waals surface area contributed by atoms with Crippen molar-refractivity contribution in [3.05, 3.63) is 34.6 Å². The lowest BCUT2D eigenvalue weighted by atomic mass is 10.3. The molecule has 1 saturated carbocycles. The zero-order valence-electron chi connectivity index (χ0n) is 7.91. The standard InChI is InChI=1S/C11H13BrN2/c12-9-3-4-10(14-8-9)2-1-7-13-11-5-6-11/h1-4,8,11,13H,5-7H2/b2-1+. The quantitative estimate of drug-likeness (QED) is 0.892. The van der Waals surface area contributed by atoms with Crippen molar-refractivity contribution in [2.75, 3.05) is 6.54 Å². The molecule has 1 aromatic heterocycles. The van der Waals surface area contributed by atoms with E-state index in [1.165, 1.54) is 12.8 Å². The molecule has 0 bridgehead atoms. The Morgan fingerprint density at radius 1 is 1.50 bits per heavy atom. The Balaban J connectivity index is 1.80. The molecule has 1 heterocycles. The summed E-state index contributed by atoms with van der Waals surface area (Å²) in [6.45, 7) is 0.947. The van der Waals surface area contributed by atoms with E-state index in [-0.39, 0.29) is 0 Å². The van der Waals surface area contributed by atoms with Gasteiger partial charge in [-0.15, -0.1) is 0 Å². The third-order valence-corrected chi connectivity index (χ3v) is 2.61. The number of hydrogen-bond acceptors (Lipinski definition) is 2. The van der Waals surface area contributed by atoms with Gasteiger partial charge in [0.05, 0.1) is 5.69 Å². The minimum atomic E-state index is 0.775. The first kappa shape index (κ1) is 9.87. The lowest BCUT2D eigenvalue weighted by Crippen LogP contribution is -2.15. The zero-order chi connectivity index (χ0) is 9.80. The van der Waals surface area contributed by atoms with Crippen LogP contribution in [0.3, 0.4) is 0 Å². The molecule has 0 saturated heterocycles. The van der Waals surface area contributed by atoms with Gasteiger partial charge < -0.3 is 5.32 Å². The second-order valence-electron chi connectivity index (χ2n) is 3.49. The number of pyridine rings is 1. The fraction of sp³-hybridized carbons (Fsp3) is 0.364. The van der Waals surface area contributed by atoms with E-state index in [2.05, 4.69) is 32.3 Å². The highest BCUT2D eigenvalue weighted by Gasteiger charge is 2.18. The van der Waals surface area contributed by atoms with Gasteiger partial charge in [-0.2, -0.15) is 0 Å². The van der Waals surface area contributed by atoms with Gasteiger partial charge in [-0.3, -0.25) is 4.98 Å². The molecule has 74 valence electrons. The first-order valence-electron chi connectivity index (χ1n) is 4.86. The van der Waals surface area contributed by atoms with Crippen molar-refractivity contribution in [3.63, 3.8) is 0 Å². The van der Waals surface area contributed by atoms with Gasteiger partial charge in [0.1, 0.15) is 0 Å². The molecule has 3 heteroatoms. The van der Waals surface area contributed by atoms with Gasteiger partial charge in [0, 0.05) is 23.3 Å². The normalized spacial score (nSPS) is 16.4. The topological polar surface area (TPSA) is 24.9 Å². The van der Waals surface area contributed by atoms with Gasteiger partial charge >= 0.3 is 0 Å². The maximum atomic E-state index is 4.25. The number of rotatable bonds is 4. The largest absolute Gasteiger partial charge is 0.311 e. The molecular weight excluding hydrogens is 240 g/mol. The van der Waals surface area contributed by atoms with Gasteiger partial charge in [0.25, 0.3) is 0 Å². The second kappa shape index (κ2) is 4.71. The van der Waals surface area contributed by atoms with Crippen LogP contribution in [0.5, 0.6) is 0 Å². The summed E-state index contributed by atoms with van der Waals surface area (Å²) in [6.07, 6.45) is 8.65. The Hall–Kier alpha value is -0.670. The molecule has 2 nitrogen and oxygen atoms in total. The lowest BCUT2D eigenvalue weighted by molar-refractivity contribution is 0.754. The predicted molar refractivity (Wildman–Crippen MR) is 62.0 cm³/mol. The molecule has 0 radical (unpaired) electrons. The second-order valence-corrected chi connectivity index (χ2v) is 4.40. The highest BCUT2D eigenvalue weighted by molar-refractivity contribution is 9.10. The van der Waals surface area contributed by atoms with Crippen molar-refractivity contribution < 1.29 is 0 Å². The lowest BCUT2D eigenvalue weighted by Gasteiger charge is -1.95. The number of nitrogens with one attached hydrogen (secondary N) is 1. The summed E-state index contributed by atoms with van der Waals surface area (Å²) in [6, 6.07) is 4.77. The SMILES string of the molecule is Brc1ccc(/C=C/CNC2CC2)nc1. The summed E-state index contributed by atoms with van der Waals surface area (Å²) in [4.78, 5) is 4.25. The van der Waals surface area contributed by atoms with E-state index in [1.54, 1.807) is 0 Å². The highest BCUT2D eigenvalue weighted by Crippen LogP contribution is 2.18. The average Bonchev–Trinajstić information content (AvgIpc) is 2.99. The Morgan fingerprint density at radius 2 is 2.36 bits per heavy atom. The molecule has 1 aliphatic rings. The van der Waals surface area contributed by atoms with Crippen LogP contribution in [0.25, 0.3) is 6.08 Å². The zero-order valence-corrected chi connectivity index (χ0v) is 9.50. The van der Waals surface area contributed by atoms with Gasteiger partial charge in [-0.05, 0) is 47.0 Å². The van der Waals surface area contributed by atoms with Crippen LogP contribution in [0.15, 0.2) is 28.9 Å². The molecule has 0 amide bonds. The number of aromatic nitrogens is 1.